The largest absolute Gasteiger partial charge is 0.237 e. The lowest BCUT2D eigenvalue weighted by molar-refractivity contribution is 0.615. The van der Waals surface area contributed by atoms with Gasteiger partial charge in [-0.2, -0.15) is 5.10 Å². The number of fused-ring (bicyclic) bond motifs is 1. The molecular weight excluding hydrogens is 211 g/mol. The highest BCUT2D eigenvalue weighted by molar-refractivity contribution is 9.10. The molecule has 0 saturated heterocycles. The van der Waals surface area contributed by atoms with Gasteiger partial charge < -0.3 is 0 Å². The fourth-order valence-electron chi connectivity index (χ4n) is 0.928. The van der Waals surface area contributed by atoms with Crippen LogP contribution in [0.5, 0.6) is 0 Å². The van der Waals surface area contributed by atoms with Crippen LogP contribution in [0.2, 0.25) is 0 Å². The van der Waals surface area contributed by atoms with Gasteiger partial charge in [0.15, 0.2) is 0 Å². The van der Waals surface area contributed by atoms with Crippen molar-refractivity contribution >= 4 is 21.4 Å². The van der Waals surface area contributed by atoms with Crippen LogP contribution in [0.15, 0.2) is 29.0 Å². The van der Waals surface area contributed by atoms with Gasteiger partial charge in [-0.25, -0.2) is 8.91 Å². The highest BCUT2D eigenvalue weighted by atomic mass is 79.9. The molecule has 2 rings (SSSR count). The zero-order valence-corrected chi connectivity index (χ0v) is 7.05. The Bertz CT molecular complexity index is 396. The molecule has 0 spiro atoms. The summed E-state index contributed by atoms with van der Waals surface area (Å²) in [5, 5.41) is 3.91. The molecule has 0 fully saturated rings. The minimum absolute atomic E-state index is 0.284. The lowest BCUT2D eigenvalue weighted by Gasteiger charge is -1.91. The summed E-state index contributed by atoms with van der Waals surface area (Å²) in [5.41, 5.74) is 0.867. The first-order chi connectivity index (χ1) is 5.27. The minimum atomic E-state index is -0.284. The lowest BCUT2D eigenvalue weighted by atomic mass is 10.4. The fourth-order valence-corrected chi connectivity index (χ4v) is 1.33. The van der Waals surface area contributed by atoms with E-state index in [1.165, 1.54) is 16.8 Å². The number of hydrogen-bond acceptors (Lipinski definition) is 1. The first kappa shape index (κ1) is 6.79. The Morgan fingerprint density at radius 1 is 1.45 bits per heavy atom. The maximum absolute atomic E-state index is 12.6. The van der Waals surface area contributed by atoms with Crippen molar-refractivity contribution in [2.75, 3.05) is 0 Å². The average molecular weight is 215 g/mol. The first-order valence-electron chi connectivity index (χ1n) is 3.06. The van der Waals surface area contributed by atoms with Gasteiger partial charge in [-0.05, 0) is 28.1 Å². The zero-order valence-electron chi connectivity index (χ0n) is 5.46. The maximum atomic E-state index is 12.6. The third-order valence-corrected chi connectivity index (χ3v) is 2.04. The van der Waals surface area contributed by atoms with Gasteiger partial charge in [0, 0.05) is 0 Å². The highest BCUT2D eigenvalue weighted by Gasteiger charge is 1.99. The Hall–Kier alpha value is -0.900. The predicted octanol–water partition coefficient (Wildman–Crippen LogP) is 2.24. The second-order valence-corrected chi connectivity index (χ2v) is 3.02. The summed E-state index contributed by atoms with van der Waals surface area (Å²) in [4.78, 5) is 0. The molecule has 2 nitrogen and oxygen atoms in total. The molecule has 0 N–H and O–H groups in total. The van der Waals surface area contributed by atoms with Crippen molar-refractivity contribution in [3.05, 3.63) is 34.8 Å². The summed E-state index contributed by atoms with van der Waals surface area (Å²) in [6.45, 7) is 0. The van der Waals surface area contributed by atoms with E-state index in [0.29, 0.717) is 0 Å². The Kier molecular flexibility index (Phi) is 1.42. The van der Waals surface area contributed by atoms with Gasteiger partial charge in [-0.1, -0.05) is 0 Å². The summed E-state index contributed by atoms with van der Waals surface area (Å²) in [6, 6.07) is 3.08. The van der Waals surface area contributed by atoms with Gasteiger partial charge in [0.25, 0.3) is 0 Å². The SMILES string of the molecule is Fc1ccc2c(Br)cnn2c1. The Morgan fingerprint density at radius 2 is 2.27 bits per heavy atom. The molecule has 0 amide bonds. The van der Waals surface area contributed by atoms with Crippen LogP contribution in [-0.2, 0) is 0 Å². The number of halogens is 2. The summed E-state index contributed by atoms with van der Waals surface area (Å²) < 4.78 is 14.9. The lowest BCUT2D eigenvalue weighted by Crippen LogP contribution is -1.86. The Labute approximate surface area is 70.8 Å². The number of rotatable bonds is 0. The average Bonchev–Trinajstić information content (AvgIpc) is 2.32. The third kappa shape index (κ3) is 1.03. The van der Waals surface area contributed by atoms with Crippen LogP contribution in [0.4, 0.5) is 4.39 Å². The second-order valence-electron chi connectivity index (χ2n) is 2.17. The molecule has 2 heterocycles. The van der Waals surface area contributed by atoms with E-state index < -0.39 is 0 Å². The molecule has 0 aromatic carbocycles. The molecule has 0 radical (unpaired) electrons. The van der Waals surface area contributed by atoms with E-state index in [0.717, 1.165) is 9.99 Å². The van der Waals surface area contributed by atoms with Crippen molar-refractivity contribution in [2.24, 2.45) is 0 Å². The van der Waals surface area contributed by atoms with Crippen LogP contribution in [0.1, 0.15) is 0 Å². The van der Waals surface area contributed by atoms with Gasteiger partial charge in [-0.3, -0.25) is 0 Å². The van der Waals surface area contributed by atoms with Crippen molar-refractivity contribution in [3.63, 3.8) is 0 Å². The maximum Gasteiger partial charge on any atom is 0.141 e. The molecule has 0 bridgehead atoms. The van der Waals surface area contributed by atoms with Crippen LogP contribution in [0.25, 0.3) is 5.52 Å². The molecular formula is C7H4BrFN2. The van der Waals surface area contributed by atoms with Crippen molar-refractivity contribution in [1.82, 2.24) is 9.61 Å². The molecule has 2 aromatic rings. The van der Waals surface area contributed by atoms with E-state index in [-0.39, 0.29) is 5.82 Å². The van der Waals surface area contributed by atoms with Gasteiger partial charge >= 0.3 is 0 Å². The quantitative estimate of drug-likeness (QED) is 0.658. The standard InChI is InChI=1S/C7H4BrFN2/c8-6-3-10-11-4-5(9)1-2-7(6)11/h1-4H. The number of aromatic nitrogens is 2. The molecule has 0 aliphatic carbocycles. The van der Waals surface area contributed by atoms with Gasteiger partial charge in [0.1, 0.15) is 5.82 Å². The Balaban J connectivity index is 2.86. The number of hydrogen-bond donors (Lipinski definition) is 0. The van der Waals surface area contributed by atoms with Crippen LogP contribution < -0.4 is 0 Å². The van der Waals surface area contributed by atoms with E-state index in [4.69, 9.17) is 0 Å². The van der Waals surface area contributed by atoms with E-state index >= 15 is 0 Å². The van der Waals surface area contributed by atoms with Crippen molar-refractivity contribution in [3.8, 4) is 0 Å². The summed E-state index contributed by atoms with van der Waals surface area (Å²) in [5.74, 6) is -0.284. The summed E-state index contributed by atoms with van der Waals surface area (Å²) >= 11 is 3.29. The number of nitrogens with zero attached hydrogens (tertiary/aromatic N) is 2. The molecule has 0 atom stereocenters. The van der Waals surface area contributed by atoms with Gasteiger partial charge in [-0.15, -0.1) is 0 Å². The fraction of sp³-hybridized carbons (Fsp3) is 0. The van der Waals surface area contributed by atoms with E-state index in [1.54, 1.807) is 12.3 Å². The molecule has 0 aliphatic rings. The molecule has 4 heteroatoms. The zero-order chi connectivity index (χ0) is 7.84. The summed E-state index contributed by atoms with van der Waals surface area (Å²) in [6.07, 6.45) is 2.97. The van der Waals surface area contributed by atoms with E-state index in [9.17, 15) is 4.39 Å². The van der Waals surface area contributed by atoms with Crippen molar-refractivity contribution in [1.29, 1.82) is 0 Å². The minimum Gasteiger partial charge on any atom is -0.237 e. The topological polar surface area (TPSA) is 17.3 Å². The van der Waals surface area contributed by atoms with Crippen molar-refractivity contribution in [2.45, 2.75) is 0 Å². The van der Waals surface area contributed by atoms with Crippen LogP contribution in [-0.4, -0.2) is 9.61 Å². The van der Waals surface area contributed by atoms with Crippen LogP contribution >= 0.6 is 15.9 Å². The molecule has 56 valence electrons. The van der Waals surface area contributed by atoms with Gasteiger partial charge in [0.05, 0.1) is 22.4 Å². The monoisotopic (exact) mass is 214 g/mol. The van der Waals surface area contributed by atoms with Gasteiger partial charge in [0.2, 0.25) is 0 Å². The molecule has 0 unspecified atom stereocenters. The number of pyridine rings is 1. The summed E-state index contributed by atoms with van der Waals surface area (Å²) in [7, 11) is 0. The van der Waals surface area contributed by atoms with Crippen LogP contribution in [0.3, 0.4) is 0 Å². The van der Waals surface area contributed by atoms with Crippen molar-refractivity contribution < 1.29 is 4.39 Å². The van der Waals surface area contributed by atoms with Crippen LogP contribution in [0, 0.1) is 5.82 Å². The van der Waals surface area contributed by atoms with E-state index in [1.807, 2.05) is 0 Å². The molecule has 11 heavy (non-hydrogen) atoms. The predicted molar refractivity (Wildman–Crippen MR) is 42.9 cm³/mol. The van der Waals surface area contributed by atoms with E-state index in [2.05, 4.69) is 21.0 Å². The molecule has 0 aliphatic heterocycles. The third-order valence-electron chi connectivity index (χ3n) is 1.43. The molecule has 0 saturated carbocycles. The highest BCUT2D eigenvalue weighted by Crippen LogP contribution is 2.16. The smallest absolute Gasteiger partial charge is 0.141 e. The Morgan fingerprint density at radius 3 is 3.09 bits per heavy atom. The molecule has 2 aromatic heterocycles. The second kappa shape index (κ2) is 2.30. The first-order valence-corrected chi connectivity index (χ1v) is 3.85. The normalized spacial score (nSPS) is 10.7.